The van der Waals surface area contributed by atoms with Gasteiger partial charge in [0.15, 0.2) is 23.2 Å². The Hall–Kier alpha value is -3.29. The zero-order chi connectivity index (χ0) is 27.4. The second kappa shape index (κ2) is 11.6. The van der Waals surface area contributed by atoms with Crippen LogP contribution in [-0.4, -0.2) is 111 Å². The summed E-state index contributed by atoms with van der Waals surface area (Å²) in [7, 11) is 4.35. The molecule has 0 saturated heterocycles. The fraction of sp³-hybridized carbons (Fsp3) is 0.500. The van der Waals surface area contributed by atoms with Crippen LogP contribution in [0.15, 0.2) is 24.3 Å². The standard InChI is InChI=1S/C26H33NO11/c1-33-16-8-21(36-13-15(30)12-27(4-6-28)5-7-29)24-22(9-16)38-23-14-37-18-11-20(35-3)19(34-2)10-17(18)26(23,32)25(24)31/h8-11,15,23,28-30,32H,4-7,12-14H2,1-3H3/t15?,23-,26-/m1/s1. The fourth-order valence-electron chi connectivity index (χ4n) is 4.70. The molecule has 2 aliphatic heterocycles. The van der Waals surface area contributed by atoms with Crippen molar-refractivity contribution in [1.29, 1.82) is 0 Å². The molecule has 0 radical (unpaired) electrons. The Bertz CT molecular complexity index is 1150. The first-order valence-electron chi connectivity index (χ1n) is 12.1. The largest absolute Gasteiger partial charge is 0.496 e. The molecule has 0 aromatic heterocycles. The van der Waals surface area contributed by atoms with Gasteiger partial charge < -0.3 is 48.8 Å². The van der Waals surface area contributed by atoms with Gasteiger partial charge >= 0.3 is 0 Å². The Balaban J connectivity index is 1.68. The fourth-order valence-corrected chi connectivity index (χ4v) is 4.70. The summed E-state index contributed by atoms with van der Waals surface area (Å²) in [4.78, 5) is 15.7. The molecule has 38 heavy (non-hydrogen) atoms. The van der Waals surface area contributed by atoms with Crippen LogP contribution in [0.1, 0.15) is 15.9 Å². The summed E-state index contributed by atoms with van der Waals surface area (Å²) < 4.78 is 33.8. The van der Waals surface area contributed by atoms with E-state index in [-0.39, 0.29) is 74.4 Å². The average Bonchev–Trinajstić information content (AvgIpc) is 2.92. The predicted molar refractivity (Wildman–Crippen MR) is 133 cm³/mol. The van der Waals surface area contributed by atoms with E-state index in [0.29, 0.717) is 17.2 Å². The van der Waals surface area contributed by atoms with Crippen LogP contribution in [0, 0.1) is 0 Å². The second-order valence-electron chi connectivity index (χ2n) is 8.93. The lowest BCUT2D eigenvalue weighted by molar-refractivity contribution is -0.0804. The number of hydrogen-bond donors (Lipinski definition) is 4. The summed E-state index contributed by atoms with van der Waals surface area (Å²) in [6, 6.07) is 6.02. The quantitative estimate of drug-likeness (QED) is 0.288. The number of nitrogens with zero attached hydrogens (tertiary/aromatic N) is 1. The normalized spacial score (nSPS) is 20.4. The number of methoxy groups -OCH3 is 3. The van der Waals surface area contributed by atoms with Crippen LogP contribution in [0.25, 0.3) is 0 Å². The molecular weight excluding hydrogens is 502 g/mol. The lowest BCUT2D eigenvalue weighted by atomic mass is 9.77. The molecule has 12 nitrogen and oxygen atoms in total. The predicted octanol–water partition coefficient (Wildman–Crippen LogP) is -0.0374. The van der Waals surface area contributed by atoms with Gasteiger partial charge in [-0.05, 0) is 6.07 Å². The van der Waals surface area contributed by atoms with Crippen LogP contribution in [0.5, 0.6) is 34.5 Å². The molecule has 0 aliphatic carbocycles. The lowest BCUT2D eigenvalue weighted by Gasteiger charge is -2.43. The topological polar surface area (TPSA) is 157 Å². The van der Waals surface area contributed by atoms with Crippen LogP contribution in [-0.2, 0) is 5.60 Å². The van der Waals surface area contributed by atoms with Gasteiger partial charge in [0.05, 0.1) is 34.5 Å². The molecule has 2 aromatic rings. The molecule has 0 fully saturated rings. The molecule has 0 saturated carbocycles. The average molecular weight is 536 g/mol. The van der Waals surface area contributed by atoms with Crippen LogP contribution in [0.4, 0.5) is 0 Å². The minimum atomic E-state index is -2.12. The van der Waals surface area contributed by atoms with Crippen molar-refractivity contribution < 1.29 is 53.6 Å². The van der Waals surface area contributed by atoms with Crippen molar-refractivity contribution in [3.05, 3.63) is 35.4 Å². The molecule has 12 heteroatoms. The summed E-state index contributed by atoms with van der Waals surface area (Å²) in [5.41, 5.74) is -1.97. The number of fused-ring (bicyclic) bond motifs is 4. The van der Waals surface area contributed by atoms with Gasteiger partial charge in [-0.3, -0.25) is 9.69 Å². The van der Waals surface area contributed by atoms with E-state index in [4.69, 9.17) is 28.4 Å². The van der Waals surface area contributed by atoms with Gasteiger partial charge in [-0.2, -0.15) is 0 Å². The minimum Gasteiger partial charge on any atom is -0.496 e. The molecule has 0 bridgehead atoms. The molecule has 4 N–H and O–H groups in total. The first kappa shape index (κ1) is 27.7. The van der Waals surface area contributed by atoms with Gasteiger partial charge in [0, 0.05) is 43.4 Å². The van der Waals surface area contributed by atoms with Crippen molar-refractivity contribution >= 4 is 5.78 Å². The Labute approximate surface area is 219 Å². The number of ketones is 1. The zero-order valence-electron chi connectivity index (χ0n) is 21.5. The highest BCUT2D eigenvalue weighted by Crippen LogP contribution is 2.51. The number of Topliss-reactive ketones (excluding diaryl/α,β-unsaturated/α-hetero) is 1. The van der Waals surface area contributed by atoms with Crippen LogP contribution in [0.3, 0.4) is 0 Å². The molecule has 2 aromatic carbocycles. The summed E-state index contributed by atoms with van der Waals surface area (Å²) in [6.07, 6.45) is -2.07. The lowest BCUT2D eigenvalue weighted by Crippen LogP contribution is -2.57. The number of ether oxygens (including phenoxy) is 6. The highest BCUT2D eigenvalue weighted by atomic mass is 16.6. The Morgan fingerprint density at radius 1 is 1.00 bits per heavy atom. The smallest absolute Gasteiger partial charge is 0.210 e. The molecular formula is C26H33NO11. The summed E-state index contributed by atoms with van der Waals surface area (Å²) >= 11 is 0. The molecule has 208 valence electrons. The van der Waals surface area contributed by atoms with Crippen molar-refractivity contribution in [1.82, 2.24) is 4.90 Å². The number of benzene rings is 2. The van der Waals surface area contributed by atoms with Crippen molar-refractivity contribution in [3.8, 4) is 34.5 Å². The van der Waals surface area contributed by atoms with Gasteiger partial charge in [0.2, 0.25) is 5.78 Å². The van der Waals surface area contributed by atoms with Gasteiger partial charge in [-0.25, -0.2) is 0 Å². The maximum Gasteiger partial charge on any atom is 0.210 e. The van der Waals surface area contributed by atoms with Gasteiger partial charge in [0.25, 0.3) is 0 Å². The van der Waals surface area contributed by atoms with Gasteiger partial charge in [-0.15, -0.1) is 0 Å². The maximum absolute atomic E-state index is 14.0. The van der Waals surface area contributed by atoms with E-state index >= 15 is 0 Å². The van der Waals surface area contributed by atoms with Crippen molar-refractivity contribution in [3.63, 3.8) is 0 Å². The highest BCUT2D eigenvalue weighted by molar-refractivity contribution is 6.09. The van der Waals surface area contributed by atoms with Gasteiger partial charge in [-0.1, -0.05) is 0 Å². The molecule has 4 rings (SSSR count). The third-order valence-corrected chi connectivity index (χ3v) is 6.60. The SMILES string of the molecule is COc1cc(OCC(O)CN(CCO)CCO)c2c(c1)O[C@@H]1COc3cc(OC)c(OC)cc3[C@]1(O)C2=O. The monoisotopic (exact) mass is 535 g/mol. The number of rotatable bonds is 12. The Morgan fingerprint density at radius 2 is 1.68 bits per heavy atom. The molecule has 2 aliphatic rings. The van der Waals surface area contributed by atoms with E-state index in [1.165, 1.54) is 45.6 Å². The van der Waals surface area contributed by atoms with E-state index in [9.17, 15) is 25.2 Å². The van der Waals surface area contributed by atoms with Crippen LogP contribution < -0.4 is 28.4 Å². The third-order valence-electron chi connectivity index (χ3n) is 6.60. The summed E-state index contributed by atoms with van der Waals surface area (Å²) in [5.74, 6) is 0.792. The van der Waals surface area contributed by atoms with E-state index < -0.39 is 23.6 Å². The van der Waals surface area contributed by atoms with Gasteiger partial charge in [0.1, 0.15) is 47.9 Å². The van der Waals surface area contributed by atoms with E-state index in [0.717, 1.165) is 0 Å². The molecule has 2 heterocycles. The zero-order valence-corrected chi connectivity index (χ0v) is 21.5. The summed E-state index contributed by atoms with van der Waals surface area (Å²) in [6.45, 7) is 0.0604. The summed E-state index contributed by atoms with van der Waals surface area (Å²) in [5, 5.41) is 40.8. The molecule has 0 amide bonds. The second-order valence-corrected chi connectivity index (χ2v) is 8.93. The molecule has 0 spiro atoms. The van der Waals surface area contributed by atoms with Crippen molar-refractivity contribution in [2.75, 3.05) is 67.4 Å². The van der Waals surface area contributed by atoms with E-state index in [1.807, 2.05) is 0 Å². The number of aliphatic hydroxyl groups is 4. The number of hydrogen-bond acceptors (Lipinski definition) is 12. The first-order chi connectivity index (χ1) is 18.3. The number of carbonyl (C=O) groups is 1. The molecule has 1 unspecified atom stereocenters. The van der Waals surface area contributed by atoms with Crippen LogP contribution >= 0.6 is 0 Å². The Kier molecular flexibility index (Phi) is 8.48. The maximum atomic E-state index is 14.0. The van der Waals surface area contributed by atoms with E-state index in [1.54, 1.807) is 4.90 Å². The minimum absolute atomic E-state index is 0.0121. The van der Waals surface area contributed by atoms with Crippen LogP contribution in [0.2, 0.25) is 0 Å². The number of aliphatic hydroxyl groups excluding tert-OH is 3. The van der Waals surface area contributed by atoms with Crippen molar-refractivity contribution in [2.24, 2.45) is 0 Å². The third kappa shape index (κ3) is 5.05. The Morgan fingerprint density at radius 3 is 2.32 bits per heavy atom. The number of carbonyl (C=O) groups excluding carboxylic acids is 1. The first-order valence-corrected chi connectivity index (χ1v) is 12.1. The molecule has 3 atom stereocenters. The van der Waals surface area contributed by atoms with E-state index in [2.05, 4.69) is 0 Å². The highest BCUT2D eigenvalue weighted by Gasteiger charge is 2.57. The van der Waals surface area contributed by atoms with Crippen molar-refractivity contribution in [2.45, 2.75) is 17.8 Å².